The lowest BCUT2D eigenvalue weighted by Gasteiger charge is -2.35. The number of nitrogens with zero attached hydrogens (tertiary/aromatic N) is 2. The van der Waals surface area contributed by atoms with Gasteiger partial charge in [0.2, 0.25) is 11.6 Å². The maximum atomic E-state index is 14.0. The molecule has 176 valence electrons. The number of ether oxygens (including phenoxy) is 1. The Balaban J connectivity index is 1.95. The van der Waals surface area contributed by atoms with Crippen LogP contribution < -0.4 is 5.32 Å². The number of hydrogen-bond acceptors (Lipinski definition) is 4. The molecule has 1 heterocycles. The van der Waals surface area contributed by atoms with Gasteiger partial charge in [-0.05, 0) is 49.2 Å². The summed E-state index contributed by atoms with van der Waals surface area (Å²) < 4.78 is 34.3. The van der Waals surface area contributed by atoms with Gasteiger partial charge in [-0.3, -0.25) is 10.1 Å². The Bertz CT molecular complexity index is 1020. The molecule has 3 rings (SSSR count). The molecule has 1 aliphatic rings. The van der Waals surface area contributed by atoms with Gasteiger partial charge in [0.15, 0.2) is 0 Å². The maximum Gasteiger partial charge on any atom is 0.348 e. The number of rotatable bonds is 8. The highest BCUT2D eigenvalue weighted by molar-refractivity contribution is 6.30. The third-order valence-electron chi connectivity index (χ3n) is 5.40. The molecule has 33 heavy (non-hydrogen) atoms. The van der Waals surface area contributed by atoms with Gasteiger partial charge in [-0.15, -0.1) is 5.10 Å². The van der Waals surface area contributed by atoms with E-state index in [9.17, 15) is 18.4 Å². The second kappa shape index (κ2) is 10.7. The summed E-state index contributed by atoms with van der Waals surface area (Å²) in [7, 11) is 0. The third-order valence-corrected chi connectivity index (χ3v) is 5.65. The molecule has 6 nitrogen and oxygen atoms in total. The summed E-state index contributed by atoms with van der Waals surface area (Å²) in [5, 5.41) is 8.07. The van der Waals surface area contributed by atoms with Gasteiger partial charge in [0.1, 0.15) is 17.2 Å². The first-order valence-electron chi connectivity index (χ1n) is 10.9. The molecule has 0 saturated heterocycles. The quantitative estimate of drug-likeness (QED) is 0.489. The van der Waals surface area contributed by atoms with Crippen LogP contribution >= 0.6 is 11.6 Å². The molecule has 0 fully saturated rings. The van der Waals surface area contributed by atoms with Gasteiger partial charge in [0.05, 0.1) is 0 Å². The van der Waals surface area contributed by atoms with Gasteiger partial charge in [0, 0.05) is 23.4 Å². The summed E-state index contributed by atoms with van der Waals surface area (Å²) in [5.41, 5.74) is -1.35. The zero-order valence-corrected chi connectivity index (χ0v) is 19.3. The second-order valence-corrected chi connectivity index (χ2v) is 8.27. The van der Waals surface area contributed by atoms with Gasteiger partial charge in [-0.25, -0.2) is 13.6 Å². The van der Waals surface area contributed by atoms with Crippen molar-refractivity contribution in [3.63, 3.8) is 0 Å². The first-order valence-corrected chi connectivity index (χ1v) is 11.3. The molecule has 1 aliphatic heterocycles. The van der Waals surface area contributed by atoms with E-state index in [0.29, 0.717) is 23.4 Å². The van der Waals surface area contributed by atoms with E-state index in [-0.39, 0.29) is 5.90 Å². The van der Waals surface area contributed by atoms with Crippen LogP contribution in [0.3, 0.4) is 0 Å². The first-order chi connectivity index (χ1) is 15.8. The van der Waals surface area contributed by atoms with E-state index in [4.69, 9.17) is 16.3 Å². The van der Waals surface area contributed by atoms with Crippen LogP contribution in [-0.2, 0) is 4.74 Å². The monoisotopic (exact) mass is 477 g/mol. The molecule has 0 bridgehead atoms. The van der Waals surface area contributed by atoms with E-state index in [1.165, 1.54) is 0 Å². The number of halogens is 3. The van der Waals surface area contributed by atoms with Gasteiger partial charge >= 0.3 is 6.03 Å². The minimum atomic E-state index is -1.19. The Morgan fingerprint density at radius 3 is 2.15 bits per heavy atom. The topological polar surface area (TPSA) is 71.0 Å². The fourth-order valence-corrected chi connectivity index (χ4v) is 3.76. The lowest BCUT2D eigenvalue weighted by molar-refractivity contribution is -0.0537. The lowest BCUT2D eigenvalue weighted by atomic mass is 9.98. The number of unbranched alkanes of at least 4 members (excludes halogenated alkanes) is 2. The Labute approximate surface area is 196 Å². The Kier molecular flexibility index (Phi) is 8.02. The summed E-state index contributed by atoms with van der Waals surface area (Å²) in [4.78, 5) is 25.7. The molecular formula is C24H26ClF2N3O3. The van der Waals surface area contributed by atoms with E-state index < -0.39 is 34.9 Å². The molecule has 0 spiro atoms. The summed E-state index contributed by atoms with van der Waals surface area (Å²) >= 11 is 5.98. The van der Waals surface area contributed by atoms with Crippen LogP contribution in [-0.4, -0.2) is 28.6 Å². The maximum absolute atomic E-state index is 14.0. The number of hydrazone groups is 1. The first kappa shape index (κ1) is 24.6. The Morgan fingerprint density at radius 1 is 1.03 bits per heavy atom. The smallest absolute Gasteiger partial charge is 0.348 e. The van der Waals surface area contributed by atoms with Crippen LogP contribution in [0.25, 0.3) is 0 Å². The third kappa shape index (κ3) is 5.50. The van der Waals surface area contributed by atoms with Crippen molar-refractivity contribution in [2.24, 2.45) is 5.10 Å². The van der Waals surface area contributed by atoms with Crippen molar-refractivity contribution in [1.82, 2.24) is 10.3 Å². The molecule has 0 radical (unpaired) electrons. The van der Waals surface area contributed by atoms with Gasteiger partial charge in [-0.1, -0.05) is 44.4 Å². The van der Waals surface area contributed by atoms with Crippen LogP contribution in [0.2, 0.25) is 5.02 Å². The van der Waals surface area contributed by atoms with Crippen molar-refractivity contribution in [1.29, 1.82) is 0 Å². The Morgan fingerprint density at radius 2 is 1.61 bits per heavy atom. The lowest BCUT2D eigenvalue weighted by Crippen LogP contribution is -2.52. The zero-order chi connectivity index (χ0) is 24.0. The number of carbonyl (C=O) groups excluding carboxylic acids is 2. The van der Waals surface area contributed by atoms with E-state index in [0.717, 1.165) is 48.9 Å². The number of benzene rings is 2. The average Bonchev–Trinajstić information content (AvgIpc) is 3.16. The van der Waals surface area contributed by atoms with Crippen molar-refractivity contribution in [2.75, 3.05) is 0 Å². The van der Waals surface area contributed by atoms with E-state index in [1.807, 2.05) is 13.8 Å². The van der Waals surface area contributed by atoms with Crippen molar-refractivity contribution < 1.29 is 23.1 Å². The molecule has 0 unspecified atom stereocenters. The molecule has 3 amide bonds. The van der Waals surface area contributed by atoms with Crippen molar-refractivity contribution >= 4 is 29.4 Å². The number of urea groups is 1. The SMILES string of the molecule is CCCCC1(CCCC)OC(c2ccc(Cl)cc2)=NN1C(=O)NC(=O)c1c(F)cccc1F. The van der Waals surface area contributed by atoms with Gasteiger partial charge in [0.25, 0.3) is 5.91 Å². The highest BCUT2D eigenvalue weighted by Gasteiger charge is 2.48. The molecule has 1 N–H and O–H groups in total. The van der Waals surface area contributed by atoms with E-state index in [1.54, 1.807) is 24.3 Å². The van der Waals surface area contributed by atoms with Crippen molar-refractivity contribution in [3.8, 4) is 0 Å². The minimum Gasteiger partial charge on any atom is -0.447 e. The minimum absolute atomic E-state index is 0.207. The molecule has 0 saturated carbocycles. The van der Waals surface area contributed by atoms with Gasteiger partial charge in [-0.2, -0.15) is 5.01 Å². The largest absolute Gasteiger partial charge is 0.447 e. The van der Waals surface area contributed by atoms with Crippen LogP contribution in [0.4, 0.5) is 13.6 Å². The molecule has 9 heteroatoms. The fourth-order valence-electron chi connectivity index (χ4n) is 3.64. The molecule has 0 atom stereocenters. The molecule has 0 aliphatic carbocycles. The Hall–Kier alpha value is -3.00. The average molecular weight is 478 g/mol. The predicted molar refractivity (Wildman–Crippen MR) is 122 cm³/mol. The summed E-state index contributed by atoms with van der Waals surface area (Å²) in [6.07, 6.45) is 4.13. The molecule has 2 aromatic rings. The number of amides is 3. The summed E-state index contributed by atoms with van der Waals surface area (Å²) in [5.74, 6) is -3.11. The van der Waals surface area contributed by atoms with Crippen molar-refractivity contribution in [2.45, 2.75) is 58.1 Å². The zero-order valence-electron chi connectivity index (χ0n) is 18.5. The van der Waals surface area contributed by atoms with Gasteiger partial charge < -0.3 is 4.74 Å². The molecule has 0 aromatic heterocycles. The highest BCUT2D eigenvalue weighted by atomic mass is 35.5. The molecular weight excluding hydrogens is 452 g/mol. The van der Waals surface area contributed by atoms with Crippen LogP contribution in [0.5, 0.6) is 0 Å². The number of carbonyl (C=O) groups is 2. The summed E-state index contributed by atoms with van der Waals surface area (Å²) in [6, 6.07) is 8.90. The number of imide groups is 1. The fraction of sp³-hybridized carbons (Fsp3) is 0.375. The highest BCUT2D eigenvalue weighted by Crippen LogP contribution is 2.36. The number of hydrogen-bond donors (Lipinski definition) is 1. The summed E-state index contributed by atoms with van der Waals surface area (Å²) in [6.45, 7) is 4.02. The second-order valence-electron chi connectivity index (χ2n) is 7.84. The van der Waals surface area contributed by atoms with Crippen LogP contribution in [0.15, 0.2) is 47.6 Å². The van der Waals surface area contributed by atoms with E-state index >= 15 is 0 Å². The van der Waals surface area contributed by atoms with Crippen molar-refractivity contribution in [3.05, 3.63) is 70.2 Å². The van der Waals surface area contributed by atoms with Crippen LogP contribution in [0, 0.1) is 11.6 Å². The van der Waals surface area contributed by atoms with E-state index in [2.05, 4.69) is 10.4 Å². The number of nitrogens with one attached hydrogen (secondary N) is 1. The molecule has 2 aromatic carbocycles. The predicted octanol–water partition coefficient (Wildman–Crippen LogP) is 6.24. The standard InChI is InChI=1S/C24H26ClF2N3O3/c1-3-5-14-24(15-6-4-2)30(29-22(33-24)16-10-12-17(25)13-11-16)23(32)28-21(31)20-18(26)8-7-9-19(20)27/h7-13H,3-6,14-15H2,1-2H3,(H,28,31,32). The van der Waals surface area contributed by atoms with Crippen LogP contribution in [0.1, 0.15) is 68.3 Å². The normalized spacial score (nSPS) is 14.6.